The molecule has 2 aliphatic heterocycles. The molecule has 11 nitrogen and oxygen atoms in total. The molecule has 1 atom stereocenters. The Morgan fingerprint density at radius 1 is 1.10 bits per heavy atom. The van der Waals surface area contributed by atoms with Crippen molar-refractivity contribution in [1.29, 1.82) is 0 Å². The highest BCUT2D eigenvalue weighted by Crippen LogP contribution is 2.47. The van der Waals surface area contributed by atoms with Crippen molar-refractivity contribution in [3.05, 3.63) is 52.6 Å². The number of ether oxygens (including phenoxy) is 3. The molecule has 1 aromatic carbocycles. The van der Waals surface area contributed by atoms with Crippen molar-refractivity contribution in [2.45, 2.75) is 51.1 Å². The number of nitrogens with zero attached hydrogens (tertiary/aromatic N) is 5. The first-order valence-electron chi connectivity index (χ1n) is 13.7. The molecule has 12 heteroatoms. The number of halogens is 1. The Labute approximate surface area is 250 Å². The number of amides is 2. The van der Waals surface area contributed by atoms with Crippen LogP contribution in [0.25, 0.3) is 11.4 Å². The van der Waals surface area contributed by atoms with E-state index in [1.807, 2.05) is 6.07 Å². The van der Waals surface area contributed by atoms with Crippen LogP contribution in [0, 0.1) is 0 Å². The molecule has 0 aliphatic carbocycles. The van der Waals surface area contributed by atoms with Gasteiger partial charge in [0.05, 0.1) is 50.4 Å². The van der Waals surface area contributed by atoms with E-state index in [-0.39, 0.29) is 24.3 Å². The van der Waals surface area contributed by atoms with E-state index in [1.54, 1.807) is 50.6 Å². The van der Waals surface area contributed by atoms with Crippen LogP contribution in [0.2, 0.25) is 5.28 Å². The predicted molar refractivity (Wildman–Crippen MR) is 157 cm³/mol. The Balaban J connectivity index is 1.72. The fraction of sp³-hybridized carbons (Fsp3) is 0.467. The highest BCUT2D eigenvalue weighted by atomic mass is 35.5. The summed E-state index contributed by atoms with van der Waals surface area (Å²) in [6.45, 7) is 7.38. The zero-order valence-corrected chi connectivity index (χ0v) is 25.5. The van der Waals surface area contributed by atoms with Crippen molar-refractivity contribution in [1.82, 2.24) is 24.3 Å². The van der Waals surface area contributed by atoms with Crippen molar-refractivity contribution < 1.29 is 28.9 Å². The summed E-state index contributed by atoms with van der Waals surface area (Å²) in [6, 6.07) is 7.14. The molecule has 3 aromatic rings. The van der Waals surface area contributed by atoms with Crippen LogP contribution in [0.4, 0.5) is 4.79 Å². The first-order valence-corrected chi connectivity index (χ1v) is 14.1. The molecule has 2 aliphatic rings. The van der Waals surface area contributed by atoms with Crippen molar-refractivity contribution in [3.8, 4) is 28.6 Å². The van der Waals surface area contributed by atoms with Crippen molar-refractivity contribution in [3.63, 3.8) is 0 Å². The first-order chi connectivity index (χ1) is 19.9. The number of rotatable bonds is 6. The molecule has 5 rings (SSSR count). The molecule has 42 heavy (non-hydrogen) atoms. The molecule has 2 amide bonds. The van der Waals surface area contributed by atoms with E-state index in [1.165, 1.54) is 4.90 Å². The van der Waals surface area contributed by atoms with Gasteiger partial charge in [-0.05, 0) is 57.3 Å². The van der Waals surface area contributed by atoms with Crippen LogP contribution in [-0.2, 0) is 17.5 Å². The zero-order chi connectivity index (χ0) is 30.4. The van der Waals surface area contributed by atoms with Crippen LogP contribution < -0.4 is 14.2 Å². The van der Waals surface area contributed by atoms with Crippen LogP contribution >= 0.6 is 11.6 Å². The SMILES string of the molecule is COc1cc(OC)c(CN2CC3(CCCN(C(=O)O)C3)c3c(cc(-c4ccnc(Cl)n4)n3C(C)(C)C)C2=O)c(OC)c1. The van der Waals surface area contributed by atoms with E-state index >= 15 is 0 Å². The van der Waals surface area contributed by atoms with Gasteiger partial charge in [-0.2, -0.15) is 0 Å². The summed E-state index contributed by atoms with van der Waals surface area (Å²) in [5.74, 6) is 1.44. The molecule has 1 N–H and O–H groups in total. The standard InChI is InChI=1S/C30H36ClN5O6/c1-29(2,3)36-22(21-8-10-32-27(31)33-21)14-19-25(36)30(9-7-11-34(16-30)28(38)39)17-35(26(19)37)15-20-23(41-5)12-18(40-4)13-24(20)42-6/h8,10,12-14H,7,9,11,15-17H2,1-6H3,(H,38,39). The Bertz CT molecular complexity index is 1510. The van der Waals surface area contributed by atoms with E-state index in [4.69, 9.17) is 25.8 Å². The van der Waals surface area contributed by atoms with E-state index in [9.17, 15) is 14.7 Å². The maximum atomic E-state index is 14.4. The average Bonchev–Trinajstić information content (AvgIpc) is 3.39. The molecule has 0 bridgehead atoms. The van der Waals surface area contributed by atoms with Gasteiger partial charge in [-0.25, -0.2) is 14.8 Å². The number of aromatic nitrogens is 3. The van der Waals surface area contributed by atoms with Gasteiger partial charge in [0.15, 0.2) is 0 Å². The van der Waals surface area contributed by atoms with Crippen molar-refractivity contribution in [2.75, 3.05) is 41.0 Å². The van der Waals surface area contributed by atoms with Gasteiger partial charge in [0.1, 0.15) is 17.2 Å². The van der Waals surface area contributed by atoms with Crippen LogP contribution in [0.1, 0.15) is 55.2 Å². The fourth-order valence-electron chi connectivity index (χ4n) is 6.41. The molecule has 4 heterocycles. The monoisotopic (exact) mass is 597 g/mol. The molecule has 224 valence electrons. The number of hydrogen-bond acceptors (Lipinski definition) is 7. The normalized spacial score (nSPS) is 18.7. The second-order valence-electron chi connectivity index (χ2n) is 11.8. The largest absolute Gasteiger partial charge is 0.496 e. The Hall–Kier alpha value is -3.99. The highest BCUT2D eigenvalue weighted by molar-refractivity contribution is 6.28. The van der Waals surface area contributed by atoms with Crippen LogP contribution in [0.5, 0.6) is 17.2 Å². The molecule has 1 saturated heterocycles. The van der Waals surface area contributed by atoms with Gasteiger partial charge in [0, 0.05) is 54.6 Å². The number of carboxylic acid groups (broad SMARTS) is 1. The topological polar surface area (TPSA) is 119 Å². The summed E-state index contributed by atoms with van der Waals surface area (Å²) in [6.07, 6.45) is 1.97. The van der Waals surface area contributed by atoms with E-state index < -0.39 is 17.0 Å². The first kappa shape index (κ1) is 29.5. The summed E-state index contributed by atoms with van der Waals surface area (Å²) in [5.41, 5.74) is 2.19. The third-order valence-electron chi connectivity index (χ3n) is 8.09. The molecule has 0 saturated carbocycles. The lowest BCUT2D eigenvalue weighted by molar-refractivity contribution is 0.0506. The summed E-state index contributed by atoms with van der Waals surface area (Å²) in [7, 11) is 4.68. The van der Waals surface area contributed by atoms with Gasteiger partial charge in [-0.1, -0.05) is 0 Å². The quantitative estimate of drug-likeness (QED) is 0.392. The molecule has 1 fully saturated rings. The number of piperidine rings is 1. The minimum absolute atomic E-state index is 0.100. The van der Waals surface area contributed by atoms with Gasteiger partial charge >= 0.3 is 6.09 Å². The summed E-state index contributed by atoms with van der Waals surface area (Å²) < 4.78 is 18.9. The number of methoxy groups -OCH3 is 3. The summed E-state index contributed by atoms with van der Waals surface area (Å²) in [5, 5.41) is 10.1. The fourth-order valence-corrected chi connectivity index (χ4v) is 6.56. The Morgan fingerprint density at radius 2 is 1.79 bits per heavy atom. The van der Waals surface area contributed by atoms with Crippen molar-refractivity contribution in [2.24, 2.45) is 0 Å². The van der Waals surface area contributed by atoms with E-state index in [0.717, 1.165) is 11.4 Å². The lowest BCUT2D eigenvalue weighted by atomic mass is 9.72. The number of fused-ring (bicyclic) bond motifs is 2. The number of carbonyl (C=O) groups is 2. The molecule has 2 aromatic heterocycles. The summed E-state index contributed by atoms with van der Waals surface area (Å²) in [4.78, 5) is 38.4. The second kappa shape index (κ2) is 11.0. The zero-order valence-electron chi connectivity index (χ0n) is 24.7. The number of carbonyl (C=O) groups excluding carboxylic acids is 1. The van der Waals surface area contributed by atoms with Crippen LogP contribution in [0.3, 0.4) is 0 Å². The molecule has 0 radical (unpaired) electrons. The lowest BCUT2D eigenvalue weighted by Crippen LogP contribution is -2.58. The molecular weight excluding hydrogens is 562 g/mol. The lowest BCUT2D eigenvalue weighted by Gasteiger charge is -2.49. The Morgan fingerprint density at radius 3 is 2.36 bits per heavy atom. The van der Waals surface area contributed by atoms with Crippen molar-refractivity contribution >= 4 is 23.6 Å². The highest BCUT2D eigenvalue weighted by Gasteiger charge is 2.50. The minimum Gasteiger partial charge on any atom is -0.496 e. The third-order valence-corrected chi connectivity index (χ3v) is 8.27. The number of benzene rings is 1. The van der Waals surface area contributed by atoms with Gasteiger partial charge in [-0.3, -0.25) is 4.79 Å². The molecule has 1 spiro atoms. The van der Waals surface area contributed by atoms with Crippen LogP contribution in [-0.4, -0.2) is 82.4 Å². The predicted octanol–water partition coefficient (Wildman–Crippen LogP) is 5.05. The smallest absolute Gasteiger partial charge is 0.407 e. The van der Waals surface area contributed by atoms with Gasteiger partial charge in [0.25, 0.3) is 5.91 Å². The van der Waals surface area contributed by atoms with Gasteiger partial charge < -0.3 is 33.7 Å². The third kappa shape index (κ3) is 5.10. The van der Waals surface area contributed by atoms with E-state index in [0.29, 0.717) is 60.0 Å². The molecule has 1 unspecified atom stereocenters. The number of hydrogen-bond donors (Lipinski definition) is 1. The van der Waals surface area contributed by atoms with Gasteiger partial charge in [0.2, 0.25) is 5.28 Å². The van der Waals surface area contributed by atoms with Gasteiger partial charge in [-0.15, -0.1) is 0 Å². The number of likely N-dealkylation sites (tertiary alicyclic amines) is 1. The molecular formula is C30H36ClN5O6. The minimum atomic E-state index is -0.978. The second-order valence-corrected chi connectivity index (χ2v) is 12.1. The average molecular weight is 598 g/mol. The Kier molecular flexibility index (Phi) is 7.74. The summed E-state index contributed by atoms with van der Waals surface area (Å²) >= 11 is 6.19. The maximum absolute atomic E-state index is 14.4. The van der Waals surface area contributed by atoms with Crippen LogP contribution in [0.15, 0.2) is 30.5 Å². The van der Waals surface area contributed by atoms with E-state index in [2.05, 4.69) is 35.3 Å². The maximum Gasteiger partial charge on any atom is 0.407 e.